The van der Waals surface area contributed by atoms with Crippen molar-refractivity contribution < 1.29 is 9.59 Å². The zero-order valence-corrected chi connectivity index (χ0v) is 14.2. The molecule has 0 bridgehead atoms. The molecule has 2 aliphatic rings. The summed E-state index contributed by atoms with van der Waals surface area (Å²) < 4.78 is 0. The largest absolute Gasteiger partial charge is 0.384 e. The summed E-state index contributed by atoms with van der Waals surface area (Å²) in [5, 5.41) is 7.60. The number of nitrogens with two attached hydrogens (primary N) is 1. The van der Waals surface area contributed by atoms with Crippen LogP contribution in [0.4, 0.5) is 5.69 Å². The number of rotatable bonds is 4. The van der Waals surface area contributed by atoms with Crippen LogP contribution in [0.3, 0.4) is 0 Å². The third-order valence-electron chi connectivity index (χ3n) is 5.63. The van der Waals surface area contributed by atoms with Crippen LogP contribution in [0.25, 0.3) is 10.8 Å². The molecule has 25 heavy (non-hydrogen) atoms. The molecular formula is C20H23N3O2. The Morgan fingerprint density at radius 1 is 1.00 bits per heavy atom. The molecule has 5 nitrogen and oxygen atoms in total. The van der Waals surface area contributed by atoms with E-state index in [9.17, 15) is 9.59 Å². The Kier molecular flexibility index (Phi) is 4.17. The third kappa shape index (κ3) is 2.89. The van der Waals surface area contributed by atoms with Crippen LogP contribution < -0.4 is 16.4 Å². The summed E-state index contributed by atoms with van der Waals surface area (Å²) in [5.41, 5.74) is 7.73. The molecule has 2 aromatic rings. The molecule has 0 aromatic heterocycles. The molecule has 5 heteroatoms. The highest BCUT2D eigenvalue weighted by Gasteiger charge is 2.28. The zero-order valence-electron chi connectivity index (χ0n) is 14.2. The van der Waals surface area contributed by atoms with Crippen LogP contribution in [-0.2, 0) is 0 Å². The lowest BCUT2D eigenvalue weighted by Gasteiger charge is -2.28. The summed E-state index contributed by atoms with van der Waals surface area (Å²) in [7, 11) is 0. The van der Waals surface area contributed by atoms with E-state index >= 15 is 0 Å². The monoisotopic (exact) mass is 337 g/mol. The summed E-state index contributed by atoms with van der Waals surface area (Å²) in [6, 6.07) is 9.47. The second-order valence-corrected chi connectivity index (χ2v) is 7.18. The van der Waals surface area contributed by atoms with Crippen molar-refractivity contribution in [2.45, 2.75) is 25.7 Å². The molecule has 1 fully saturated rings. The summed E-state index contributed by atoms with van der Waals surface area (Å²) in [6.45, 7) is 1.63. The fraction of sp³-hybridized carbons (Fsp3) is 0.400. The maximum absolute atomic E-state index is 12.5. The van der Waals surface area contributed by atoms with Crippen molar-refractivity contribution in [1.82, 2.24) is 5.32 Å². The Hall–Kier alpha value is -2.40. The van der Waals surface area contributed by atoms with Crippen LogP contribution in [0.1, 0.15) is 46.4 Å². The van der Waals surface area contributed by atoms with Gasteiger partial charge in [-0.25, -0.2) is 0 Å². The molecule has 130 valence electrons. The third-order valence-corrected chi connectivity index (χ3v) is 5.63. The van der Waals surface area contributed by atoms with Gasteiger partial charge in [-0.05, 0) is 61.6 Å². The Balaban J connectivity index is 1.60. The van der Waals surface area contributed by atoms with Gasteiger partial charge in [0.15, 0.2) is 0 Å². The standard InChI is InChI=1S/C20H23N3O2/c21-10-12-4-6-13(7-5-12)11-22-16-9-8-14-2-1-3-15-17(14)18(16)20(25)23-19(15)24/h1-3,8-9,12-13,22H,4-7,10-11,21H2,(H,23,24,25). The highest BCUT2D eigenvalue weighted by molar-refractivity contribution is 6.27. The van der Waals surface area contributed by atoms with E-state index in [1.165, 1.54) is 25.7 Å². The number of nitrogens with one attached hydrogen (secondary N) is 2. The van der Waals surface area contributed by atoms with E-state index in [1.807, 2.05) is 24.3 Å². The maximum atomic E-state index is 12.5. The van der Waals surface area contributed by atoms with Gasteiger partial charge in [0.2, 0.25) is 0 Å². The van der Waals surface area contributed by atoms with Gasteiger partial charge >= 0.3 is 0 Å². The average molecular weight is 337 g/mol. The van der Waals surface area contributed by atoms with Gasteiger partial charge in [0.25, 0.3) is 11.8 Å². The zero-order chi connectivity index (χ0) is 17.4. The lowest BCUT2D eigenvalue weighted by Crippen LogP contribution is -2.35. The topological polar surface area (TPSA) is 84.2 Å². The van der Waals surface area contributed by atoms with Crippen LogP contribution in [0, 0.1) is 11.8 Å². The molecule has 0 atom stereocenters. The first kappa shape index (κ1) is 16.1. The van der Waals surface area contributed by atoms with Crippen molar-refractivity contribution in [3.05, 3.63) is 41.5 Å². The maximum Gasteiger partial charge on any atom is 0.260 e. The van der Waals surface area contributed by atoms with E-state index in [1.54, 1.807) is 6.07 Å². The number of carbonyl (C=O) groups excluding carboxylic acids is 2. The van der Waals surface area contributed by atoms with Gasteiger partial charge in [-0.2, -0.15) is 0 Å². The molecule has 4 N–H and O–H groups in total. The highest BCUT2D eigenvalue weighted by Crippen LogP contribution is 2.33. The quantitative estimate of drug-likeness (QED) is 0.749. The molecular weight excluding hydrogens is 314 g/mol. The van der Waals surface area contributed by atoms with Crippen LogP contribution >= 0.6 is 0 Å². The summed E-state index contributed by atoms with van der Waals surface area (Å²) in [5.74, 6) is 0.635. The van der Waals surface area contributed by atoms with E-state index in [0.717, 1.165) is 29.5 Å². The number of carbonyl (C=O) groups is 2. The Bertz CT molecular complexity index is 838. The van der Waals surface area contributed by atoms with E-state index in [4.69, 9.17) is 5.73 Å². The van der Waals surface area contributed by atoms with Gasteiger partial charge in [-0.15, -0.1) is 0 Å². The summed E-state index contributed by atoms with van der Waals surface area (Å²) in [4.78, 5) is 24.5. The van der Waals surface area contributed by atoms with Crippen LogP contribution in [0.15, 0.2) is 30.3 Å². The van der Waals surface area contributed by atoms with Crippen LogP contribution in [-0.4, -0.2) is 24.9 Å². The minimum Gasteiger partial charge on any atom is -0.384 e. The molecule has 1 heterocycles. The normalized spacial score (nSPS) is 22.8. The number of hydrogen-bond acceptors (Lipinski definition) is 4. The van der Waals surface area contributed by atoms with Gasteiger partial charge in [-0.1, -0.05) is 18.2 Å². The lowest BCUT2D eigenvalue weighted by molar-refractivity contribution is 0.0845. The molecule has 0 spiro atoms. The molecule has 1 aliphatic heterocycles. The Morgan fingerprint density at radius 2 is 1.76 bits per heavy atom. The van der Waals surface area contributed by atoms with E-state index in [2.05, 4.69) is 10.6 Å². The number of hydrogen-bond donors (Lipinski definition) is 3. The van der Waals surface area contributed by atoms with Crippen molar-refractivity contribution in [1.29, 1.82) is 0 Å². The predicted octanol–water partition coefficient (Wildman–Crippen LogP) is 2.90. The molecule has 0 saturated heterocycles. The van der Waals surface area contributed by atoms with Crippen molar-refractivity contribution >= 4 is 28.3 Å². The first-order valence-electron chi connectivity index (χ1n) is 9.02. The fourth-order valence-corrected chi connectivity index (χ4v) is 4.11. The van der Waals surface area contributed by atoms with Gasteiger partial charge in [-0.3, -0.25) is 14.9 Å². The molecule has 2 amide bonds. The van der Waals surface area contributed by atoms with Crippen molar-refractivity contribution in [2.24, 2.45) is 17.6 Å². The van der Waals surface area contributed by atoms with E-state index in [-0.39, 0.29) is 11.8 Å². The number of benzene rings is 2. The fourth-order valence-electron chi connectivity index (χ4n) is 4.11. The SMILES string of the molecule is NCC1CCC(CNc2ccc3cccc4c3c2C(=O)NC4=O)CC1. The first-order valence-corrected chi connectivity index (χ1v) is 9.02. The number of anilines is 1. The van der Waals surface area contributed by atoms with E-state index < -0.39 is 0 Å². The number of amides is 2. The van der Waals surface area contributed by atoms with Crippen molar-refractivity contribution in [3.8, 4) is 0 Å². The van der Waals surface area contributed by atoms with Gasteiger partial charge in [0.1, 0.15) is 0 Å². The second-order valence-electron chi connectivity index (χ2n) is 7.18. The smallest absolute Gasteiger partial charge is 0.260 e. The summed E-state index contributed by atoms with van der Waals surface area (Å²) in [6.07, 6.45) is 4.72. The number of imide groups is 1. The second kappa shape index (κ2) is 6.48. The Labute approximate surface area is 147 Å². The molecule has 2 aromatic carbocycles. The minimum atomic E-state index is -0.319. The van der Waals surface area contributed by atoms with Gasteiger partial charge < -0.3 is 11.1 Å². The minimum absolute atomic E-state index is 0.316. The molecule has 1 saturated carbocycles. The summed E-state index contributed by atoms with van der Waals surface area (Å²) >= 11 is 0. The molecule has 4 rings (SSSR count). The average Bonchev–Trinajstić information content (AvgIpc) is 2.64. The first-order chi connectivity index (χ1) is 12.2. The molecule has 0 radical (unpaired) electrons. The van der Waals surface area contributed by atoms with Crippen LogP contribution in [0.2, 0.25) is 0 Å². The lowest BCUT2D eigenvalue weighted by atomic mass is 9.82. The Morgan fingerprint density at radius 3 is 2.52 bits per heavy atom. The van der Waals surface area contributed by atoms with E-state index in [0.29, 0.717) is 23.0 Å². The van der Waals surface area contributed by atoms with Crippen LogP contribution in [0.5, 0.6) is 0 Å². The highest BCUT2D eigenvalue weighted by atomic mass is 16.2. The van der Waals surface area contributed by atoms with Gasteiger partial charge in [0.05, 0.1) is 5.56 Å². The predicted molar refractivity (Wildman–Crippen MR) is 98.7 cm³/mol. The molecule has 0 unspecified atom stereocenters. The molecule has 1 aliphatic carbocycles. The van der Waals surface area contributed by atoms with Gasteiger partial charge in [0, 0.05) is 23.2 Å². The van der Waals surface area contributed by atoms with Crippen molar-refractivity contribution in [2.75, 3.05) is 18.4 Å². The van der Waals surface area contributed by atoms with Crippen molar-refractivity contribution in [3.63, 3.8) is 0 Å².